The van der Waals surface area contributed by atoms with Crippen LogP contribution in [-0.2, 0) is 0 Å². The van der Waals surface area contributed by atoms with Crippen molar-refractivity contribution < 1.29 is 0 Å². The fraction of sp³-hybridized carbons (Fsp3) is 0.182. The largest absolute Gasteiger partial charge is 0.318 e. The minimum atomic E-state index is -0.178. The van der Waals surface area contributed by atoms with Gasteiger partial charge >= 0.3 is 0 Å². The van der Waals surface area contributed by atoms with E-state index in [2.05, 4.69) is 4.98 Å². The summed E-state index contributed by atoms with van der Waals surface area (Å²) in [5, 5.41) is 0. The van der Waals surface area contributed by atoms with Crippen molar-refractivity contribution in [2.75, 3.05) is 0 Å². The summed E-state index contributed by atoms with van der Waals surface area (Å²) in [6.45, 7) is 1.96. The van der Waals surface area contributed by atoms with E-state index in [1.54, 1.807) is 0 Å². The molecule has 2 nitrogen and oxygen atoms in total. The quantitative estimate of drug-likeness (QED) is 0.873. The van der Waals surface area contributed by atoms with Gasteiger partial charge in [0.1, 0.15) is 0 Å². The Morgan fingerprint density at radius 2 is 2.13 bits per heavy atom. The number of halogens is 1. The van der Waals surface area contributed by atoms with Gasteiger partial charge in [-0.25, -0.2) is 0 Å². The van der Waals surface area contributed by atoms with E-state index < -0.39 is 0 Å². The molecule has 15 heavy (non-hydrogen) atoms. The number of aromatic nitrogens is 1. The van der Waals surface area contributed by atoms with Crippen molar-refractivity contribution in [2.45, 2.75) is 13.0 Å². The molecule has 0 spiro atoms. The molecular weight excluding hydrogens is 228 g/mol. The number of aryl methyl sites for hydroxylation is 1. The first kappa shape index (κ1) is 10.6. The second kappa shape index (κ2) is 4.31. The molecule has 2 rings (SSSR count). The summed E-state index contributed by atoms with van der Waals surface area (Å²) in [6.07, 6.45) is 0. The van der Waals surface area contributed by atoms with Crippen LogP contribution in [0.3, 0.4) is 0 Å². The van der Waals surface area contributed by atoms with Gasteiger partial charge in [0.25, 0.3) is 0 Å². The van der Waals surface area contributed by atoms with Gasteiger partial charge < -0.3 is 5.73 Å². The SMILES string of the molecule is Cc1cccc(C(N)c2ccc(Cl)s2)n1. The van der Waals surface area contributed by atoms with Gasteiger partial charge in [-0.1, -0.05) is 17.7 Å². The van der Waals surface area contributed by atoms with Crippen LogP contribution in [0, 0.1) is 6.92 Å². The molecule has 0 aliphatic heterocycles. The van der Waals surface area contributed by atoms with Crippen molar-refractivity contribution >= 4 is 22.9 Å². The highest BCUT2D eigenvalue weighted by Gasteiger charge is 2.12. The molecule has 0 saturated carbocycles. The average molecular weight is 239 g/mol. The number of hydrogen-bond acceptors (Lipinski definition) is 3. The zero-order chi connectivity index (χ0) is 10.8. The number of rotatable bonds is 2. The normalized spacial score (nSPS) is 12.7. The number of nitrogens with two attached hydrogens (primary N) is 1. The van der Waals surface area contributed by atoms with E-state index in [-0.39, 0.29) is 6.04 Å². The van der Waals surface area contributed by atoms with Crippen molar-refractivity contribution in [3.63, 3.8) is 0 Å². The van der Waals surface area contributed by atoms with Gasteiger partial charge in [-0.05, 0) is 31.2 Å². The highest BCUT2D eigenvalue weighted by Crippen LogP contribution is 2.28. The number of thiophene rings is 1. The van der Waals surface area contributed by atoms with Crippen molar-refractivity contribution in [1.29, 1.82) is 0 Å². The third-order valence-corrected chi connectivity index (χ3v) is 3.44. The molecule has 4 heteroatoms. The van der Waals surface area contributed by atoms with E-state index in [0.717, 1.165) is 20.6 Å². The first-order valence-electron chi connectivity index (χ1n) is 4.61. The highest BCUT2D eigenvalue weighted by atomic mass is 35.5. The van der Waals surface area contributed by atoms with E-state index in [1.807, 2.05) is 37.3 Å². The number of hydrogen-bond donors (Lipinski definition) is 1. The van der Waals surface area contributed by atoms with Gasteiger partial charge in [-0.2, -0.15) is 0 Å². The van der Waals surface area contributed by atoms with Gasteiger partial charge in [0.15, 0.2) is 0 Å². The zero-order valence-electron chi connectivity index (χ0n) is 8.27. The van der Waals surface area contributed by atoms with E-state index in [9.17, 15) is 0 Å². The molecule has 0 saturated heterocycles. The van der Waals surface area contributed by atoms with Crippen LogP contribution in [0.4, 0.5) is 0 Å². The van der Waals surface area contributed by atoms with E-state index in [1.165, 1.54) is 11.3 Å². The monoisotopic (exact) mass is 238 g/mol. The third kappa shape index (κ3) is 2.37. The molecule has 2 aromatic heterocycles. The van der Waals surface area contributed by atoms with Crippen LogP contribution >= 0.6 is 22.9 Å². The molecular formula is C11H11ClN2S. The first-order chi connectivity index (χ1) is 7.16. The van der Waals surface area contributed by atoms with Crippen LogP contribution in [0.5, 0.6) is 0 Å². The molecule has 1 atom stereocenters. The van der Waals surface area contributed by atoms with E-state index in [0.29, 0.717) is 0 Å². The molecule has 2 aromatic rings. The predicted octanol–water partition coefficient (Wildman–Crippen LogP) is 3.15. The Kier molecular flexibility index (Phi) is 3.05. The Morgan fingerprint density at radius 3 is 2.73 bits per heavy atom. The van der Waals surface area contributed by atoms with Crippen LogP contribution in [0.25, 0.3) is 0 Å². The van der Waals surface area contributed by atoms with Crippen molar-refractivity contribution in [2.24, 2.45) is 5.73 Å². The van der Waals surface area contributed by atoms with Crippen molar-refractivity contribution in [1.82, 2.24) is 4.98 Å². The standard InChI is InChI=1S/C11H11ClN2S/c1-7-3-2-4-8(14-7)11(13)9-5-6-10(12)15-9/h2-6,11H,13H2,1H3. The van der Waals surface area contributed by atoms with Crippen LogP contribution in [-0.4, -0.2) is 4.98 Å². The molecule has 0 aliphatic rings. The smallest absolute Gasteiger partial charge is 0.0931 e. The van der Waals surface area contributed by atoms with Gasteiger partial charge in [-0.15, -0.1) is 11.3 Å². The zero-order valence-corrected chi connectivity index (χ0v) is 9.85. The second-order valence-corrected chi connectivity index (χ2v) is 5.07. The summed E-state index contributed by atoms with van der Waals surface area (Å²) in [6, 6.07) is 9.48. The first-order valence-corrected chi connectivity index (χ1v) is 5.80. The second-order valence-electron chi connectivity index (χ2n) is 3.32. The van der Waals surface area contributed by atoms with E-state index >= 15 is 0 Å². The summed E-state index contributed by atoms with van der Waals surface area (Å²) < 4.78 is 0.758. The fourth-order valence-corrected chi connectivity index (χ4v) is 2.45. The van der Waals surface area contributed by atoms with Gasteiger partial charge in [-0.3, -0.25) is 4.98 Å². The molecule has 0 fully saturated rings. The molecule has 0 bridgehead atoms. The Hall–Kier alpha value is -0.900. The van der Waals surface area contributed by atoms with E-state index in [4.69, 9.17) is 17.3 Å². The summed E-state index contributed by atoms with van der Waals surface area (Å²) >= 11 is 7.36. The molecule has 2 heterocycles. The third-order valence-electron chi connectivity index (χ3n) is 2.13. The predicted molar refractivity (Wildman–Crippen MR) is 64.3 cm³/mol. The summed E-state index contributed by atoms with van der Waals surface area (Å²) in [4.78, 5) is 5.44. The molecule has 0 aliphatic carbocycles. The molecule has 0 amide bonds. The van der Waals surface area contributed by atoms with Crippen molar-refractivity contribution in [3.8, 4) is 0 Å². The Morgan fingerprint density at radius 1 is 1.33 bits per heavy atom. The Labute approximate surface area is 97.7 Å². The average Bonchev–Trinajstić information content (AvgIpc) is 2.64. The molecule has 0 radical (unpaired) electrons. The maximum absolute atomic E-state index is 6.09. The van der Waals surface area contributed by atoms with Crippen LogP contribution in [0.2, 0.25) is 4.34 Å². The summed E-state index contributed by atoms with van der Waals surface area (Å²) in [5.74, 6) is 0. The van der Waals surface area contributed by atoms with Crippen LogP contribution in [0.15, 0.2) is 30.3 Å². The van der Waals surface area contributed by atoms with Gasteiger partial charge in [0, 0.05) is 10.6 Å². The highest BCUT2D eigenvalue weighted by molar-refractivity contribution is 7.16. The van der Waals surface area contributed by atoms with Crippen LogP contribution < -0.4 is 5.73 Å². The lowest BCUT2D eigenvalue weighted by molar-refractivity contribution is 0.838. The Bertz CT molecular complexity index is 467. The number of pyridine rings is 1. The maximum Gasteiger partial charge on any atom is 0.0931 e. The number of nitrogens with zero attached hydrogens (tertiary/aromatic N) is 1. The summed E-state index contributed by atoms with van der Waals surface area (Å²) in [5.41, 5.74) is 7.95. The van der Waals surface area contributed by atoms with Gasteiger partial charge in [0.2, 0.25) is 0 Å². The lowest BCUT2D eigenvalue weighted by Gasteiger charge is -2.09. The molecule has 2 N–H and O–H groups in total. The lowest BCUT2D eigenvalue weighted by Crippen LogP contribution is -2.12. The van der Waals surface area contributed by atoms with Gasteiger partial charge in [0.05, 0.1) is 16.1 Å². The molecule has 1 unspecified atom stereocenters. The summed E-state index contributed by atoms with van der Waals surface area (Å²) in [7, 11) is 0. The minimum Gasteiger partial charge on any atom is -0.318 e. The topological polar surface area (TPSA) is 38.9 Å². The Balaban J connectivity index is 2.32. The fourth-order valence-electron chi connectivity index (χ4n) is 1.38. The molecule has 78 valence electrons. The van der Waals surface area contributed by atoms with Crippen LogP contribution in [0.1, 0.15) is 22.3 Å². The maximum atomic E-state index is 6.09. The molecule has 0 aromatic carbocycles. The van der Waals surface area contributed by atoms with Crippen molar-refractivity contribution in [3.05, 3.63) is 50.9 Å². The minimum absolute atomic E-state index is 0.178. The lowest BCUT2D eigenvalue weighted by atomic mass is 10.1.